The lowest BCUT2D eigenvalue weighted by Crippen LogP contribution is -2.39. The molecule has 9 nitrogen and oxygen atoms in total. The van der Waals surface area contributed by atoms with E-state index in [4.69, 9.17) is 4.74 Å². The van der Waals surface area contributed by atoms with E-state index in [2.05, 4.69) is 21.0 Å². The molecule has 0 aromatic heterocycles. The van der Waals surface area contributed by atoms with Gasteiger partial charge in [0.15, 0.2) is 0 Å². The smallest absolute Gasteiger partial charge is 0.271 e. The van der Waals surface area contributed by atoms with Crippen LogP contribution in [0.25, 0.3) is 0 Å². The third kappa shape index (κ3) is 3.43. The Morgan fingerprint density at radius 2 is 1.71 bits per heavy atom. The lowest BCUT2D eigenvalue weighted by molar-refractivity contribution is -0.384. The number of benzene rings is 3. The van der Waals surface area contributed by atoms with E-state index < -0.39 is 28.7 Å². The lowest BCUT2D eigenvalue weighted by atomic mass is 9.93. The second-order valence-corrected chi connectivity index (χ2v) is 8.64. The molecule has 170 valence electrons. The van der Waals surface area contributed by atoms with Gasteiger partial charge in [-0.3, -0.25) is 24.7 Å². The monoisotopic (exact) mass is 520 g/mol. The lowest BCUT2D eigenvalue weighted by Gasteiger charge is -2.22. The second-order valence-electron chi connectivity index (χ2n) is 7.72. The third-order valence-electron chi connectivity index (χ3n) is 5.82. The van der Waals surface area contributed by atoms with Crippen LogP contribution in [0.5, 0.6) is 5.75 Å². The van der Waals surface area contributed by atoms with E-state index in [0.717, 1.165) is 9.37 Å². The molecule has 2 aliphatic heterocycles. The van der Waals surface area contributed by atoms with Crippen molar-refractivity contribution >= 4 is 50.5 Å². The van der Waals surface area contributed by atoms with Crippen LogP contribution in [0.15, 0.2) is 82.4 Å². The molecule has 34 heavy (non-hydrogen) atoms. The highest BCUT2D eigenvalue weighted by Gasteiger charge is 2.58. The molecule has 2 heterocycles. The molecule has 0 radical (unpaired) electrons. The van der Waals surface area contributed by atoms with Crippen molar-refractivity contribution in [3.8, 4) is 5.75 Å². The fourth-order valence-electron chi connectivity index (χ4n) is 4.27. The van der Waals surface area contributed by atoms with Crippen molar-refractivity contribution in [3.63, 3.8) is 0 Å². The van der Waals surface area contributed by atoms with Gasteiger partial charge in [-0.05, 0) is 35.9 Å². The highest BCUT2D eigenvalue weighted by atomic mass is 79.9. The number of imide groups is 1. The van der Waals surface area contributed by atoms with E-state index >= 15 is 0 Å². The Morgan fingerprint density at radius 1 is 1.00 bits per heavy atom. The summed E-state index contributed by atoms with van der Waals surface area (Å²) in [5.74, 6) is -1.76. The molecule has 0 bridgehead atoms. The summed E-state index contributed by atoms with van der Waals surface area (Å²) in [6.07, 6.45) is 0. The summed E-state index contributed by atoms with van der Waals surface area (Å²) in [6.45, 7) is 0. The third-order valence-corrected chi connectivity index (χ3v) is 6.35. The van der Waals surface area contributed by atoms with Crippen LogP contribution in [0.4, 0.5) is 17.1 Å². The van der Waals surface area contributed by atoms with Gasteiger partial charge in [-0.2, -0.15) is 5.10 Å². The van der Waals surface area contributed by atoms with E-state index in [-0.39, 0.29) is 17.1 Å². The van der Waals surface area contributed by atoms with Gasteiger partial charge in [0.1, 0.15) is 23.4 Å². The highest BCUT2D eigenvalue weighted by molar-refractivity contribution is 9.10. The van der Waals surface area contributed by atoms with Gasteiger partial charge in [0.2, 0.25) is 5.91 Å². The maximum Gasteiger partial charge on any atom is 0.271 e. The van der Waals surface area contributed by atoms with Gasteiger partial charge in [-0.15, -0.1) is 0 Å². The van der Waals surface area contributed by atoms with Crippen LogP contribution in [0.3, 0.4) is 0 Å². The fraction of sp³-hybridized carbons (Fsp3) is 0.125. The summed E-state index contributed by atoms with van der Waals surface area (Å²) in [4.78, 5) is 39.2. The molecule has 0 unspecified atom stereocenters. The minimum absolute atomic E-state index is 0.0317. The minimum Gasteiger partial charge on any atom is -0.495 e. The van der Waals surface area contributed by atoms with Gasteiger partial charge in [0.25, 0.3) is 11.6 Å². The van der Waals surface area contributed by atoms with Crippen LogP contribution in [-0.4, -0.2) is 35.6 Å². The number of methoxy groups -OCH3 is 1. The fourth-order valence-corrected chi connectivity index (χ4v) is 4.54. The number of anilines is 2. The normalized spacial score (nSPS) is 19.3. The number of hydrazone groups is 1. The Hall–Kier alpha value is -4.05. The van der Waals surface area contributed by atoms with Gasteiger partial charge >= 0.3 is 0 Å². The summed E-state index contributed by atoms with van der Waals surface area (Å²) in [5.41, 5.74) is 1.58. The first-order valence-electron chi connectivity index (χ1n) is 10.3. The molecule has 0 saturated carbocycles. The molecule has 2 aliphatic rings. The maximum absolute atomic E-state index is 13.7. The van der Waals surface area contributed by atoms with E-state index in [1.54, 1.807) is 17.1 Å². The molecule has 2 atom stereocenters. The van der Waals surface area contributed by atoms with Crippen molar-refractivity contribution in [2.24, 2.45) is 11.0 Å². The largest absolute Gasteiger partial charge is 0.495 e. The molecule has 3 aromatic carbocycles. The molecule has 0 aliphatic carbocycles. The number of fused-ring (bicyclic) bond motifs is 1. The average molecular weight is 521 g/mol. The van der Waals surface area contributed by atoms with Crippen LogP contribution in [-0.2, 0) is 9.59 Å². The molecule has 1 saturated heterocycles. The molecule has 0 spiro atoms. The number of carbonyl (C=O) groups is 2. The van der Waals surface area contributed by atoms with E-state index in [1.807, 2.05) is 42.5 Å². The number of amides is 2. The predicted molar refractivity (Wildman–Crippen MR) is 129 cm³/mol. The van der Waals surface area contributed by atoms with Crippen LogP contribution >= 0.6 is 15.9 Å². The highest BCUT2D eigenvalue weighted by Crippen LogP contribution is 2.42. The van der Waals surface area contributed by atoms with Gasteiger partial charge in [0.05, 0.1) is 23.4 Å². The number of ether oxygens (including phenoxy) is 1. The zero-order valence-electron chi connectivity index (χ0n) is 17.8. The van der Waals surface area contributed by atoms with E-state index in [1.165, 1.54) is 25.3 Å². The molecule has 10 heteroatoms. The Morgan fingerprint density at radius 3 is 2.35 bits per heavy atom. The second kappa shape index (κ2) is 8.38. The number of nitro benzene ring substituents is 1. The predicted octanol–water partition coefficient (Wildman–Crippen LogP) is 4.15. The van der Waals surface area contributed by atoms with Crippen LogP contribution in [0.1, 0.15) is 5.56 Å². The minimum atomic E-state index is -0.933. The molecule has 3 aromatic rings. The summed E-state index contributed by atoms with van der Waals surface area (Å²) < 4.78 is 6.19. The van der Waals surface area contributed by atoms with Gasteiger partial charge < -0.3 is 4.74 Å². The molecule has 0 N–H and O–H groups in total. The quantitative estimate of drug-likeness (QED) is 0.284. The topological polar surface area (TPSA) is 105 Å². The molecule has 1 fully saturated rings. The summed E-state index contributed by atoms with van der Waals surface area (Å²) in [5, 5.41) is 17.6. The average Bonchev–Trinajstić information content (AvgIpc) is 3.36. The Kier molecular flexibility index (Phi) is 5.37. The van der Waals surface area contributed by atoms with Gasteiger partial charge in [0, 0.05) is 16.6 Å². The number of non-ortho nitro benzene ring substituents is 1. The first-order chi connectivity index (χ1) is 16.4. The van der Waals surface area contributed by atoms with Gasteiger partial charge in [-0.1, -0.05) is 46.3 Å². The number of carbonyl (C=O) groups excluding carboxylic acids is 2. The molecular formula is C24H17BrN4O5. The molecule has 2 amide bonds. The molecule has 5 rings (SSSR count). The number of nitro groups is 1. The summed E-state index contributed by atoms with van der Waals surface area (Å²) in [6, 6.07) is 19.3. The van der Waals surface area contributed by atoms with Crippen molar-refractivity contribution in [1.29, 1.82) is 0 Å². The number of para-hydroxylation sites is 1. The first kappa shape index (κ1) is 21.8. The van der Waals surface area contributed by atoms with Crippen molar-refractivity contribution in [3.05, 3.63) is 92.9 Å². The summed E-state index contributed by atoms with van der Waals surface area (Å²) in [7, 11) is 1.38. The number of halogens is 1. The number of rotatable bonds is 5. The Labute approximate surface area is 202 Å². The number of hydrogen-bond acceptors (Lipinski definition) is 7. The van der Waals surface area contributed by atoms with E-state index in [9.17, 15) is 19.7 Å². The Balaban J connectivity index is 1.65. The van der Waals surface area contributed by atoms with Crippen molar-refractivity contribution < 1.29 is 19.2 Å². The van der Waals surface area contributed by atoms with Crippen LogP contribution in [0.2, 0.25) is 0 Å². The Bertz CT molecular complexity index is 1340. The number of hydrogen-bond donors (Lipinski definition) is 0. The standard InChI is InChI=1S/C24H17BrN4O5/c1-34-19-12-11-17(29(32)33)13-18(19)27-23(30)20-21(14-7-9-15(25)10-8-14)26-28(22(20)24(27)31)16-5-3-2-4-6-16/h2-13,20,22H,1H3/t20-,22+/m1/s1. The van der Waals surface area contributed by atoms with Crippen molar-refractivity contribution in [2.45, 2.75) is 6.04 Å². The first-order valence-corrected chi connectivity index (χ1v) is 11.1. The van der Waals surface area contributed by atoms with Crippen LogP contribution in [0, 0.1) is 16.0 Å². The van der Waals surface area contributed by atoms with Crippen molar-refractivity contribution in [2.75, 3.05) is 17.0 Å². The zero-order chi connectivity index (χ0) is 24.0. The molecular weight excluding hydrogens is 504 g/mol. The maximum atomic E-state index is 13.7. The van der Waals surface area contributed by atoms with Crippen molar-refractivity contribution in [1.82, 2.24) is 0 Å². The van der Waals surface area contributed by atoms with Crippen LogP contribution < -0.4 is 14.6 Å². The van der Waals surface area contributed by atoms with E-state index in [0.29, 0.717) is 17.0 Å². The zero-order valence-corrected chi connectivity index (χ0v) is 19.4. The number of nitrogens with zero attached hydrogens (tertiary/aromatic N) is 4. The summed E-state index contributed by atoms with van der Waals surface area (Å²) >= 11 is 3.41. The van der Waals surface area contributed by atoms with Gasteiger partial charge in [-0.25, -0.2) is 4.90 Å². The SMILES string of the molecule is COc1ccc([N+](=O)[O-])cc1N1C(=O)[C@@H]2C(c3ccc(Br)cc3)=NN(c3ccccc3)[C@@H]2C1=O.